The lowest BCUT2D eigenvalue weighted by Gasteiger charge is -2.39. The van der Waals surface area contributed by atoms with Gasteiger partial charge in [0.25, 0.3) is 0 Å². The van der Waals surface area contributed by atoms with Crippen LogP contribution in [0.25, 0.3) is 0 Å². The molecule has 1 aliphatic rings. The Hall–Kier alpha value is -4.10. The second kappa shape index (κ2) is 13.8. The SMILES string of the molecule is O=C(O[C@H]1C(=O)[C@@H](OCc2ccccc2)C[C@@H](OCc2ccccc2)[C@@H]1OCc1ccccc1)c1ccccc1. The molecule has 204 valence electrons. The van der Waals surface area contributed by atoms with Crippen LogP contribution in [0.15, 0.2) is 121 Å². The van der Waals surface area contributed by atoms with Crippen LogP contribution in [-0.2, 0) is 43.6 Å². The zero-order valence-electron chi connectivity index (χ0n) is 22.1. The van der Waals surface area contributed by atoms with Crippen molar-refractivity contribution in [2.24, 2.45) is 0 Å². The predicted octanol–water partition coefficient (Wildman–Crippen LogP) is 5.94. The molecule has 5 rings (SSSR count). The molecule has 6 nitrogen and oxygen atoms in total. The first-order valence-corrected chi connectivity index (χ1v) is 13.4. The number of ether oxygens (including phenoxy) is 4. The second-order valence-electron chi connectivity index (χ2n) is 9.71. The summed E-state index contributed by atoms with van der Waals surface area (Å²) in [6, 6.07) is 37.7. The molecular weight excluding hydrogens is 504 g/mol. The van der Waals surface area contributed by atoms with Gasteiger partial charge in [-0.2, -0.15) is 0 Å². The van der Waals surface area contributed by atoms with Crippen LogP contribution < -0.4 is 0 Å². The normalized spacial score (nSPS) is 20.6. The Morgan fingerprint density at radius 3 is 1.57 bits per heavy atom. The van der Waals surface area contributed by atoms with Crippen molar-refractivity contribution in [2.45, 2.75) is 50.7 Å². The standard InChI is InChI=1S/C34H32O6/c35-31-29(37-22-25-13-5-1-6-14-25)21-30(38-23-26-15-7-2-8-16-26)32(39-24-27-17-9-3-10-18-27)33(31)40-34(36)28-19-11-4-12-20-28/h1-20,29-30,32-33H,21-24H2/t29-,30+,32-,33-/m0/s1. The number of hydrogen-bond acceptors (Lipinski definition) is 6. The van der Waals surface area contributed by atoms with Gasteiger partial charge in [-0.25, -0.2) is 4.79 Å². The van der Waals surface area contributed by atoms with Crippen molar-refractivity contribution < 1.29 is 28.5 Å². The molecule has 40 heavy (non-hydrogen) atoms. The number of ketones is 1. The molecule has 0 aromatic heterocycles. The van der Waals surface area contributed by atoms with Gasteiger partial charge in [0.15, 0.2) is 6.10 Å². The van der Waals surface area contributed by atoms with E-state index in [1.807, 2.05) is 97.1 Å². The van der Waals surface area contributed by atoms with Gasteiger partial charge in [0.05, 0.1) is 31.5 Å². The van der Waals surface area contributed by atoms with E-state index in [1.54, 1.807) is 24.3 Å². The van der Waals surface area contributed by atoms with Crippen molar-refractivity contribution >= 4 is 11.8 Å². The van der Waals surface area contributed by atoms with Crippen LogP contribution in [0.4, 0.5) is 0 Å². The Morgan fingerprint density at radius 2 is 1.05 bits per heavy atom. The van der Waals surface area contributed by atoms with E-state index in [1.165, 1.54) is 0 Å². The summed E-state index contributed by atoms with van der Waals surface area (Å²) in [5.74, 6) is -0.935. The number of benzene rings is 4. The molecule has 4 atom stereocenters. The highest BCUT2D eigenvalue weighted by Crippen LogP contribution is 2.30. The predicted molar refractivity (Wildman–Crippen MR) is 150 cm³/mol. The first-order valence-electron chi connectivity index (χ1n) is 13.4. The van der Waals surface area contributed by atoms with Crippen molar-refractivity contribution in [3.05, 3.63) is 144 Å². The number of hydrogen-bond donors (Lipinski definition) is 0. The zero-order valence-corrected chi connectivity index (χ0v) is 22.1. The van der Waals surface area contributed by atoms with E-state index in [0.717, 1.165) is 16.7 Å². The summed E-state index contributed by atoms with van der Waals surface area (Å²) in [7, 11) is 0. The number of rotatable bonds is 11. The van der Waals surface area contributed by atoms with Gasteiger partial charge in [0.1, 0.15) is 12.2 Å². The maximum absolute atomic E-state index is 13.8. The molecule has 0 N–H and O–H groups in total. The summed E-state index contributed by atoms with van der Waals surface area (Å²) >= 11 is 0. The molecule has 0 heterocycles. The van der Waals surface area contributed by atoms with Crippen LogP contribution in [0, 0.1) is 0 Å². The lowest BCUT2D eigenvalue weighted by atomic mass is 9.87. The minimum atomic E-state index is -1.20. The Balaban J connectivity index is 1.41. The van der Waals surface area contributed by atoms with Crippen molar-refractivity contribution in [3.8, 4) is 0 Å². The fourth-order valence-corrected chi connectivity index (χ4v) is 4.71. The summed E-state index contributed by atoms with van der Waals surface area (Å²) in [5, 5.41) is 0. The molecule has 0 radical (unpaired) electrons. The van der Waals surface area contributed by atoms with Crippen molar-refractivity contribution in [1.82, 2.24) is 0 Å². The van der Waals surface area contributed by atoms with E-state index < -0.39 is 30.4 Å². The summed E-state index contributed by atoms with van der Waals surface area (Å²) < 4.78 is 24.7. The average molecular weight is 537 g/mol. The topological polar surface area (TPSA) is 71.1 Å². The Labute approximate surface area is 234 Å². The number of carbonyl (C=O) groups is 2. The van der Waals surface area contributed by atoms with Crippen molar-refractivity contribution in [2.75, 3.05) is 0 Å². The van der Waals surface area contributed by atoms with Crippen molar-refractivity contribution in [1.29, 1.82) is 0 Å². The number of esters is 1. The van der Waals surface area contributed by atoms with Crippen molar-refractivity contribution in [3.63, 3.8) is 0 Å². The van der Waals surface area contributed by atoms with Gasteiger partial charge in [0, 0.05) is 6.42 Å². The van der Waals surface area contributed by atoms with Crippen LogP contribution in [0.5, 0.6) is 0 Å². The molecule has 4 aromatic rings. The maximum Gasteiger partial charge on any atom is 0.338 e. The Bertz CT molecular complexity index is 1340. The minimum absolute atomic E-state index is 0.235. The van der Waals surface area contributed by atoms with Crippen LogP contribution in [0.1, 0.15) is 33.5 Å². The third kappa shape index (κ3) is 7.30. The van der Waals surface area contributed by atoms with E-state index in [-0.39, 0.29) is 25.4 Å². The Morgan fingerprint density at radius 1 is 0.600 bits per heavy atom. The van der Waals surface area contributed by atoms with E-state index in [9.17, 15) is 9.59 Å². The molecule has 6 heteroatoms. The molecule has 0 bridgehead atoms. The van der Waals surface area contributed by atoms with Gasteiger partial charge in [-0.3, -0.25) is 4.79 Å². The summed E-state index contributed by atoms with van der Waals surface area (Å²) in [5.41, 5.74) is 3.22. The average Bonchev–Trinajstić information content (AvgIpc) is 3.02. The Kier molecular flexibility index (Phi) is 9.48. The first kappa shape index (κ1) is 27.5. The third-order valence-electron chi connectivity index (χ3n) is 6.84. The van der Waals surface area contributed by atoms with Gasteiger partial charge in [-0.05, 0) is 28.8 Å². The van der Waals surface area contributed by atoms with E-state index in [4.69, 9.17) is 18.9 Å². The van der Waals surface area contributed by atoms with Gasteiger partial charge in [-0.15, -0.1) is 0 Å². The number of carbonyl (C=O) groups excluding carboxylic acids is 2. The molecular formula is C34H32O6. The van der Waals surface area contributed by atoms with Crippen LogP contribution in [0.2, 0.25) is 0 Å². The third-order valence-corrected chi connectivity index (χ3v) is 6.84. The summed E-state index contributed by atoms with van der Waals surface area (Å²) in [6.45, 7) is 0.798. The minimum Gasteiger partial charge on any atom is -0.448 e. The molecule has 4 aromatic carbocycles. The first-order chi connectivity index (χ1) is 19.7. The molecule has 1 fully saturated rings. The molecule has 0 saturated heterocycles. The van der Waals surface area contributed by atoms with E-state index >= 15 is 0 Å². The maximum atomic E-state index is 13.8. The highest BCUT2D eigenvalue weighted by molar-refractivity contribution is 5.95. The molecule has 1 saturated carbocycles. The highest BCUT2D eigenvalue weighted by atomic mass is 16.6. The quantitative estimate of drug-likeness (QED) is 0.221. The van der Waals surface area contributed by atoms with Crippen LogP contribution in [0.3, 0.4) is 0 Å². The smallest absolute Gasteiger partial charge is 0.338 e. The van der Waals surface area contributed by atoms with Gasteiger partial charge >= 0.3 is 5.97 Å². The lowest BCUT2D eigenvalue weighted by Crippen LogP contribution is -2.57. The summed E-state index contributed by atoms with van der Waals surface area (Å²) in [6.07, 6.45) is -3.13. The zero-order chi connectivity index (χ0) is 27.6. The van der Waals surface area contributed by atoms with E-state index in [0.29, 0.717) is 12.2 Å². The highest BCUT2D eigenvalue weighted by Gasteiger charge is 2.48. The van der Waals surface area contributed by atoms with Gasteiger partial charge in [0.2, 0.25) is 5.78 Å². The molecule has 0 unspecified atom stereocenters. The second-order valence-corrected chi connectivity index (χ2v) is 9.71. The number of Topliss-reactive ketones (excluding diaryl/α,β-unsaturated/α-hetero) is 1. The monoisotopic (exact) mass is 536 g/mol. The van der Waals surface area contributed by atoms with Crippen LogP contribution >= 0.6 is 0 Å². The largest absolute Gasteiger partial charge is 0.448 e. The molecule has 1 aliphatic carbocycles. The lowest BCUT2D eigenvalue weighted by molar-refractivity contribution is -0.187. The molecule has 0 amide bonds. The van der Waals surface area contributed by atoms with Gasteiger partial charge in [-0.1, -0.05) is 109 Å². The van der Waals surface area contributed by atoms with E-state index in [2.05, 4.69) is 0 Å². The summed E-state index contributed by atoms with van der Waals surface area (Å²) in [4.78, 5) is 27.0. The molecule has 0 aliphatic heterocycles. The molecule has 0 spiro atoms. The van der Waals surface area contributed by atoms with Gasteiger partial charge < -0.3 is 18.9 Å². The van der Waals surface area contributed by atoms with Crippen LogP contribution in [-0.4, -0.2) is 36.2 Å². The fourth-order valence-electron chi connectivity index (χ4n) is 4.71. The fraction of sp³-hybridized carbons (Fsp3) is 0.235.